The Bertz CT molecular complexity index is 1100. The quantitative estimate of drug-likeness (QED) is 0.541. The predicted octanol–water partition coefficient (Wildman–Crippen LogP) is 3.84. The van der Waals surface area contributed by atoms with Crippen LogP contribution >= 0.6 is 0 Å². The zero-order chi connectivity index (χ0) is 19.3. The summed E-state index contributed by atoms with van der Waals surface area (Å²) in [6.45, 7) is 0.664. The van der Waals surface area contributed by atoms with Gasteiger partial charge in [0.1, 0.15) is 5.69 Å². The molecule has 0 bridgehead atoms. The molecule has 0 fully saturated rings. The number of carbonyl (C=O) groups excluding carboxylic acids is 1. The molecule has 4 rings (SSSR count). The lowest BCUT2D eigenvalue weighted by atomic mass is 10.1. The molecule has 1 aromatic heterocycles. The van der Waals surface area contributed by atoms with E-state index in [2.05, 4.69) is 27.8 Å². The van der Waals surface area contributed by atoms with E-state index in [9.17, 15) is 4.79 Å². The van der Waals surface area contributed by atoms with Crippen LogP contribution in [0, 0.1) is 0 Å². The van der Waals surface area contributed by atoms with Crippen LogP contribution in [0.25, 0.3) is 11.3 Å². The number of nitrogens with one attached hydrogen (secondary N) is 1. The molecule has 0 saturated heterocycles. The van der Waals surface area contributed by atoms with Crippen LogP contribution in [0.5, 0.6) is 0 Å². The lowest BCUT2D eigenvalue weighted by molar-refractivity contribution is 0.100. The van der Waals surface area contributed by atoms with Gasteiger partial charge in [0.05, 0.1) is 24.0 Å². The number of nitrogens with zero attached hydrogens (tertiary/aromatic N) is 3. The van der Waals surface area contributed by atoms with E-state index in [0.29, 0.717) is 17.8 Å². The van der Waals surface area contributed by atoms with Crippen molar-refractivity contribution in [2.24, 2.45) is 5.73 Å². The first-order chi connectivity index (χ1) is 13.7. The maximum Gasteiger partial charge on any atom is 0.250 e. The normalized spacial score (nSPS) is 10.6. The molecule has 0 saturated carbocycles. The molecule has 3 aromatic carbocycles. The molecule has 6 nitrogen and oxygen atoms in total. The van der Waals surface area contributed by atoms with E-state index in [1.807, 2.05) is 65.5 Å². The lowest BCUT2D eigenvalue weighted by Gasteiger charge is -2.10. The fourth-order valence-corrected chi connectivity index (χ4v) is 3.00. The van der Waals surface area contributed by atoms with Crippen molar-refractivity contribution in [3.63, 3.8) is 0 Å². The van der Waals surface area contributed by atoms with Crippen LogP contribution in [0.2, 0.25) is 0 Å². The first-order valence-corrected chi connectivity index (χ1v) is 8.89. The number of aromatic nitrogens is 3. The summed E-state index contributed by atoms with van der Waals surface area (Å²) in [6, 6.07) is 25.1. The number of rotatable bonds is 6. The Morgan fingerprint density at radius 2 is 1.75 bits per heavy atom. The Labute approximate surface area is 162 Å². The van der Waals surface area contributed by atoms with Gasteiger partial charge in [-0.2, -0.15) is 0 Å². The minimum atomic E-state index is -0.469. The van der Waals surface area contributed by atoms with Crippen LogP contribution < -0.4 is 11.1 Å². The van der Waals surface area contributed by atoms with Gasteiger partial charge < -0.3 is 11.1 Å². The zero-order valence-corrected chi connectivity index (χ0v) is 15.1. The SMILES string of the molecule is NC(=O)c1ccccc1Nc1cccc(-c2cn(Cc3ccccc3)nn2)c1. The Kier molecular flexibility index (Phi) is 4.84. The Hall–Kier alpha value is -3.93. The van der Waals surface area contributed by atoms with Crippen LogP contribution in [-0.2, 0) is 6.54 Å². The first kappa shape index (κ1) is 17.5. The van der Waals surface area contributed by atoms with Crippen molar-refractivity contribution in [1.29, 1.82) is 0 Å². The molecule has 0 unspecified atom stereocenters. The van der Waals surface area contributed by atoms with E-state index in [1.54, 1.807) is 12.1 Å². The van der Waals surface area contributed by atoms with Crippen LogP contribution in [0.1, 0.15) is 15.9 Å². The molecule has 1 heterocycles. The van der Waals surface area contributed by atoms with Gasteiger partial charge in [-0.15, -0.1) is 5.10 Å². The van der Waals surface area contributed by atoms with E-state index in [4.69, 9.17) is 5.73 Å². The van der Waals surface area contributed by atoms with Crippen molar-refractivity contribution in [3.8, 4) is 11.3 Å². The second kappa shape index (κ2) is 7.75. The molecule has 6 heteroatoms. The summed E-state index contributed by atoms with van der Waals surface area (Å²) in [6.07, 6.45) is 1.92. The number of carbonyl (C=O) groups is 1. The van der Waals surface area contributed by atoms with Gasteiger partial charge in [-0.1, -0.05) is 59.8 Å². The molecule has 0 aliphatic carbocycles. The fraction of sp³-hybridized carbons (Fsp3) is 0.0455. The Morgan fingerprint density at radius 3 is 2.57 bits per heavy atom. The molecule has 28 heavy (non-hydrogen) atoms. The maximum absolute atomic E-state index is 11.6. The van der Waals surface area contributed by atoms with Crippen LogP contribution in [0.15, 0.2) is 85.1 Å². The number of anilines is 2. The molecule has 3 N–H and O–H groups in total. The first-order valence-electron chi connectivity index (χ1n) is 8.89. The summed E-state index contributed by atoms with van der Waals surface area (Å²) in [5, 5.41) is 11.8. The van der Waals surface area contributed by atoms with E-state index < -0.39 is 5.91 Å². The number of hydrogen-bond acceptors (Lipinski definition) is 4. The molecule has 0 atom stereocenters. The van der Waals surface area contributed by atoms with Crippen LogP contribution in [-0.4, -0.2) is 20.9 Å². The minimum Gasteiger partial charge on any atom is -0.366 e. The van der Waals surface area contributed by atoms with Crippen molar-refractivity contribution in [2.45, 2.75) is 6.54 Å². The van der Waals surface area contributed by atoms with Gasteiger partial charge in [0, 0.05) is 11.3 Å². The van der Waals surface area contributed by atoms with Gasteiger partial charge >= 0.3 is 0 Å². The predicted molar refractivity (Wildman–Crippen MR) is 109 cm³/mol. The van der Waals surface area contributed by atoms with Gasteiger partial charge in [-0.05, 0) is 29.8 Å². The van der Waals surface area contributed by atoms with Gasteiger partial charge in [-0.3, -0.25) is 4.79 Å². The number of primary amides is 1. The van der Waals surface area contributed by atoms with E-state index in [-0.39, 0.29) is 0 Å². The second-order valence-corrected chi connectivity index (χ2v) is 6.40. The summed E-state index contributed by atoms with van der Waals surface area (Å²) in [5.74, 6) is -0.469. The monoisotopic (exact) mass is 369 g/mol. The standard InChI is InChI=1S/C22H19N5O/c23-22(28)19-11-4-5-12-20(19)24-18-10-6-9-17(13-18)21-15-27(26-25-21)14-16-7-2-1-3-8-16/h1-13,15,24H,14H2,(H2,23,28). The third-order valence-electron chi connectivity index (χ3n) is 4.36. The highest BCUT2D eigenvalue weighted by Gasteiger charge is 2.09. The fourth-order valence-electron chi connectivity index (χ4n) is 3.00. The third-order valence-corrected chi connectivity index (χ3v) is 4.36. The molecular weight excluding hydrogens is 350 g/mol. The van der Waals surface area contributed by atoms with Gasteiger partial charge in [0.2, 0.25) is 0 Å². The molecule has 0 radical (unpaired) electrons. The van der Waals surface area contributed by atoms with Crippen molar-refractivity contribution >= 4 is 17.3 Å². The Morgan fingerprint density at radius 1 is 0.964 bits per heavy atom. The summed E-state index contributed by atoms with van der Waals surface area (Å²) in [4.78, 5) is 11.6. The molecular formula is C22H19N5O. The Balaban J connectivity index is 1.56. The molecule has 4 aromatic rings. The maximum atomic E-state index is 11.6. The topological polar surface area (TPSA) is 85.8 Å². The van der Waals surface area contributed by atoms with Crippen molar-refractivity contribution in [3.05, 3.63) is 96.2 Å². The lowest BCUT2D eigenvalue weighted by Crippen LogP contribution is -2.13. The number of amides is 1. The zero-order valence-electron chi connectivity index (χ0n) is 15.1. The average molecular weight is 369 g/mol. The second-order valence-electron chi connectivity index (χ2n) is 6.40. The molecule has 0 spiro atoms. The number of para-hydroxylation sites is 1. The summed E-state index contributed by atoms with van der Waals surface area (Å²) < 4.78 is 1.81. The van der Waals surface area contributed by atoms with Crippen LogP contribution in [0.4, 0.5) is 11.4 Å². The van der Waals surface area contributed by atoms with Gasteiger partial charge in [0.15, 0.2) is 0 Å². The summed E-state index contributed by atoms with van der Waals surface area (Å²) in [5.41, 5.74) is 10.3. The van der Waals surface area contributed by atoms with E-state index in [1.165, 1.54) is 0 Å². The average Bonchev–Trinajstić information content (AvgIpc) is 3.18. The van der Waals surface area contributed by atoms with E-state index >= 15 is 0 Å². The highest BCUT2D eigenvalue weighted by atomic mass is 16.1. The molecule has 1 amide bonds. The van der Waals surface area contributed by atoms with Crippen molar-refractivity contribution in [1.82, 2.24) is 15.0 Å². The minimum absolute atomic E-state index is 0.446. The molecule has 138 valence electrons. The van der Waals surface area contributed by atoms with E-state index in [0.717, 1.165) is 22.5 Å². The number of nitrogens with two attached hydrogens (primary N) is 1. The van der Waals surface area contributed by atoms with Crippen molar-refractivity contribution < 1.29 is 4.79 Å². The van der Waals surface area contributed by atoms with Crippen LogP contribution in [0.3, 0.4) is 0 Å². The summed E-state index contributed by atoms with van der Waals surface area (Å²) in [7, 11) is 0. The smallest absolute Gasteiger partial charge is 0.250 e. The molecule has 0 aliphatic heterocycles. The van der Waals surface area contributed by atoms with Gasteiger partial charge in [-0.25, -0.2) is 4.68 Å². The van der Waals surface area contributed by atoms with Crippen molar-refractivity contribution in [2.75, 3.05) is 5.32 Å². The third kappa shape index (κ3) is 3.91. The van der Waals surface area contributed by atoms with Gasteiger partial charge in [0.25, 0.3) is 5.91 Å². The highest BCUT2D eigenvalue weighted by Crippen LogP contribution is 2.25. The molecule has 0 aliphatic rings. The number of benzene rings is 3. The summed E-state index contributed by atoms with van der Waals surface area (Å²) >= 11 is 0. The largest absolute Gasteiger partial charge is 0.366 e. The highest BCUT2D eigenvalue weighted by molar-refractivity contribution is 5.99. The number of hydrogen-bond donors (Lipinski definition) is 2.